The highest BCUT2D eigenvalue weighted by molar-refractivity contribution is 8.11. The number of nitrogens with two attached hydrogens (primary N) is 1. The lowest BCUT2D eigenvalue weighted by Gasteiger charge is -2.19. The van der Waals surface area contributed by atoms with E-state index in [1.165, 1.54) is 6.07 Å². The minimum absolute atomic E-state index is 0.110. The molecule has 0 unspecified atom stereocenters. The number of hydrogen-bond donors (Lipinski definition) is 3. The first-order chi connectivity index (χ1) is 15.5. The number of thioether (sulfide) groups is 1. The molecular weight excluding hydrogens is 455 g/mol. The molecule has 1 aromatic carbocycles. The zero-order valence-corrected chi connectivity index (χ0v) is 19.3. The molecule has 1 heterocycles. The van der Waals surface area contributed by atoms with Gasteiger partial charge in [-0.1, -0.05) is 36.0 Å². The van der Waals surface area contributed by atoms with Crippen LogP contribution in [0.15, 0.2) is 53.6 Å². The molecule has 178 valence electrons. The fraction of sp³-hybridized carbons (Fsp3) is 0.304. The molecule has 0 bridgehead atoms. The summed E-state index contributed by atoms with van der Waals surface area (Å²) in [6.45, 7) is 4.02. The van der Waals surface area contributed by atoms with Gasteiger partial charge in [0.2, 0.25) is 5.91 Å². The van der Waals surface area contributed by atoms with Gasteiger partial charge in [0.15, 0.2) is 0 Å². The molecule has 0 aliphatic rings. The van der Waals surface area contributed by atoms with E-state index in [0.717, 1.165) is 17.8 Å². The van der Waals surface area contributed by atoms with Crippen LogP contribution in [0.5, 0.6) is 0 Å². The molecule has 0 spiro atoms. The van der Waals surface area contributed by atoms with E-state index < -0.39 is 30.4 Å². The van der Waals surface area contributed by atoms with Gasteiger partial charge in [0.25, 0.3) is 6.43 Å². The Bertz CT molecular complexity index is 1040. The maximum absolute atomic E-state index is 14.8. The first-order valence-electron chi connectivity index (χ1n) is 9.96. The van der Waals surface area contributed by atoms with Crippen LogP contribution in [0.4, 0.5) is 19.0 Å². The molecule has 2 rings (SSSR count). The van der Waals surface area contributed by atoms with Crippen molar-refractivity contribution in [2.75, 3.05) is 11.9 Å². The molecule has 1 aromatic heterocycles. The molecule has 4 N–H and O–H groups in total. The van der Waals surface area contributed by atoms with Gasteiger partial charge in [-0.3, -0.25) is 4.79 Å². The van der Waals surface area contributed by atoms with Crippen LogP contribution in [0.2, 0.25) is 0 Å². The Morgan fingerprint density at radius 2 is 2.06 bits per heavy atom. The maximum atomic E-state index is 14.8. The molecule has 0 saturated carbocycles. The Hall–Kier alpha value is -2.82. The highest BCUT2D eigenvalue weighted by Crippen LogP contribution is 2.36. The Morgan fingerprint density at radius 1 is 1.33 bits per heavy atom. The normalized spacial score (nSPS) is 12.8. The van der Waals surface area contributed by atoms with Gasteiger partial charge in [0, 0.05) is 16.5 Å². The van der Waals surface area contributed by atoms with E-state index in [1.54, 1.807) is 57.2 Å². The minimum Gasteiger partial charge on any atom is -0.386 e. The van der Waals surface area contributed by atoms with Crippen LogP contribution in [0.1, 0.15) is 37.6 Å². The van der Waals surface area contributed by atoms with Crippen molar-refractivity contribution in [2.45, 2.75) is 39.4 Å². The van der Waals surface area contributed by atoms with E-state index in [1.807, 2.05) is 0 Å². The molecule has 0 atom stereocenters. The van der Waals surface area contributed by atoms with Gasteiger partial charge in [0.05, 0.1) is 22.9 Å². The summed E-state index contributed by atoms with van der Waals surface area (Å²) in [5, 5.41) is 13.3. The van der Waals surface area contributed by atoms with Gasteiger partial charge in [-0.2, -0.15) is 0 Å². The molecular formula is C23H26F3N3O3S. The third-order valence-corrected chi connectivity index (χ3v) is 5.36. The predicted molar refractivity (Wildman–Crippen MR) is 124 cm³/mol. The summed E-state index contributed by atoms with van der Waals surface area (Å²) in [6.07, 6.45) is 0.231. The fourth-order valence-corrected chi connectivity index (χ4v) is 3.67. The standard InChI is InChI=1S/C23H26F3N3O3S/c1-4-18(16-9-8-14(10-17(16)24)23(2,3)31)33-22(11-20(27)30)29-21-7-5-6-15(28-21)12-32-13-19(25)26/h4-11,19,31H,12-13H2,1-3H3,(H2,27,30)(H,28,29)/b18-4-,22-11+. The molecule has 0 fully saturated rings. The summed E-state index contributed by atoms with van der Waals surface area (Å²) in [7, 11) is 0. The largest absolute Gasteiger partial charge is 0.386 e. The molecule has 10 heteroatoms. The van der Waals surface area contributed by atoms with E-state index in [-0.39, 0.29) is 17.2 Å². The molecule has 1 amide bonds. The fourth-order valence-electron chi connectivity index (χ4n) is 2.71. The van der Waals surface area contributed by atoms with Crippen molar-refractivity contribution in [1.29, 1.82) is 0 Å². The zero-order chi connectivity index (χ0) is 24.6. The van der Waals surface area contributed by atoms with Crippen LogP contribution in [0.3, 0.4) is 0 Å². The molecule has 0 aliphatic heterocycles. The molecule has 0 saturated heterocycles. The number of nitrogens with zero attached hydrogens (tertiary/aromatic N) is 1. The number of carbonyl (C=O) groups excluding carboxylic acids is 1. The van der Waals surface area contributed by atoms with E-state index in [2.05, 4.69) is 10.3 Å². The van der Waals surface area contributed by atoms with Crippen molar-refractivity contribution < 1.29 is 27.8 Å². The van der Waals surface area contributed by atoms with Gasteiger partial charge in [-0.25, -0.2) is 18.2 Å². The van der Waals surface area contributed by atoms with Crippen LogP contribution in [0.25, 0.3) is 4.91 Å². The number of primary amides is 1. The summed E-state index contributed by atoms with van der Waals surface area (Å²) >= 11 is 1.06. The summed E-state index contributed by atoms with van der Waals surface area (Å²) < 4.78 is 44.2. The van der Waals surface area contributed by atoms with Gasteiger partial charge in [-0.05, 0) is 44.5 Å². The first-order valence-corrected chi connectivity index (χ1v) is 10.8. The number of aliphatic hydroxyl groups is 1. The highest BCUT2D eigenvalue weighted by Gasteiger charge is 2.19. The van der Waals surface area contributed by atoms with Crippen molar-refractivity contribution in [3.63, 3.8) is 0 Å². The molecule has 6 nitrogen and oxygen atoms in total. The average Bonchev–Trinajstić information content (AvgIpc) is 2.71. The quantitative estimate of drug-likeness (QED) is 0.400. The number of nitrogens with one attached hydrogen (secondary N) is 1. The summed E-state index contributed by atoms with van der Waals surface area (Å²) in [4.78, 5) is 16.3. The molecule has 0 radical (unpaired) electrons. The Labute approximate surface area is 194 Å². The van der Waals surface area contributed by atoms with Gasteiger partial charge >= 0.3 is 0 Å². The second kappa shape index (κ2) is 11.9. The topological polar surface area (TPSA) is 97.5 Å². The third-order valence-electron chi connectivity index (χ3n) is 4.25. The second-order valence-electron chi connectivity index (χ2n) is 7.46. The number of benzene rings is 1. The van der Waals surface area contributed by atoms with Crippen molar-refractivity contribution in [2.24, 2.45) is 5.73 Å². The Balaban J connectivity index is 2.23. The van der Waals surface area contributed by atoms with E-state index >= 15 is 0 Å². The van der Waals surface area contributed by atoms with Crippen LogP contribution in [0, 0.1) is 5.82 Å². The van der Waals surface area contributed by atoms with Crippen molar-refractivity contribution >= 4 is 28.4 Å². The summed E-state index contributed by atoms with van der Waals surface area (Å²) in [5.74, 6) is -0.943. The lowest BCUT2D eigenvalue weighted by atomic mass is 9.97. The number of amides is 1. The number of aromatic nitrogens is 1. The van der Waals surface area contributed by atoms with Gasteiger partial charge in [-0.15, -0.1) is 0 Å². The number of carbonyl (C=O) groups is 1. The average molecular weight is 482 g/mol. The Kier molecular flexibility index (Phi) is 9.51. The number of pyridine rings is 1. The van der Waals surface area contributed by atoms with E-state index in [9.17, 15) is 23.1 Å². The van der Waals surface area contributed by atoms with Crippen LogP contribution in [-0.4, -0.2) is 29.0 Å². The number of rotatable bonds is 11. The lowest BCUT2D eigenvalue weighted by molar-refractivity contribution is -0.113. The molecule has 33 heavy (non-hydrogen) atoms. The monoisotopic (exact) mass is 481 g/mol. The smallest absolute Gasteiger partial charge is 0.261 e. The number of halogens is 3. The van der Waals surface area contributed by atoms with Crippen molar-refractivity contribution in [3.05, 3.63) is 76.2 Å². The third kappa shape index (κ3) is 8.56. The van der Waals surface area contributed by atoms with Crippen LogP contribution in [-0.2, 0) is 21.7 Å². The van der Waals surface area contributed by atoms with Gasteiger partial charge in [0.1, 0.15) is 18.2 Å². The molecule has 0 aliphatic carbocycles. The second-order valence-corrected chi connectivity index (χ2v) is 8.55. The molecule has 2 aromatic rings. The van der Waals surface area contributed by atoms with Crippen molar-refractivity contribution in [3.8, 4) is 0 Å². The van der Waals surface area contributed by atoms with Gasteiger partial charge < -0.3 is 20.9 Å². The number of allylic oxidation sites excluding steroid dienone is 1. The van der Waals surface area contributed by atoms with Crippen LogP contribution < -0.4 is 11.1 Å². The van der Waals surface area contributed by atoms with Crippen molar-refractivity contribution in [1.82, 2.24) is 4.98 Å². The number of alkyl halides is 2. The first kappa shape index (κ1) is 26.4. The zero-order valence-electron chi connectivity index (χ0n) is 18.4. The maximum Gasteiger partial charge on any atom is 0.261 e. The number of hydrogen-bond acceptors (Lipinski definition) is 6. The van der Waals surface area contributed by atoms with E-state index in [0.29, 0.717) is 22.0 Å². The van der Waals surface area contributed by atoms with Crippen LogP contribution >= 0.6 is 11.8 Å². The summed E-state index contributed by atoms with van der Waals surface area (Å²) in [6, 6.07) is 9.30. The lowest BCUT2D eigenvalue weighted by Crippen LogP contribution is -2.15. The van der Waals surface area contributed by atoms with E-state index in [4.69, 9.17) is 10.5 Å². The number of anilines is 1. The SMILES string of the molecule is C/C=C(\S/C(=C/C(N)=O)Nc1cccc(COCC(F)F)n1)c1ccc(C(C)(C)O)cc1F. The highest BCUT2D eigenvalue weighted by atomic mass is 32.2. The predicted octanol–water partition coefficient (Wildman–Crippen LogP) is 4.76. The summed E-state index contributed by atoms with van der Waals surface area (Å²) in [5.41, 5.74) is 5.23. The number of ether oxygens (including phenoxy) is 1. The Morgan fingerprint density at radius 3 is 2.64 bits per heavy atom. The minimum atomic E-state index is -2.58.